The summed E-state index contributed by atoms with van der Waals surface area (Å²) in [6, 6.07) is 66.0. The molecule has 56 heavy (non-hydrogen) atoms. The summed E-state index contributed by atoms with van der Waals surface area (Å²) in [5, 5.41) is 4.47. The van der Waals surface area contributed by atoms with E-state index in [9.17, 15) is 0 Å². The Bertz CT molecular complexity index is 2840. The Hall–Kier alpha value is -7.70. The van der Waals surface area contributed by atoms with Gasteiger partial charge in [-0.3, -0.25) is 0 Å². The molecule has 0 saturated carbocycles. The van der Waals surface area contributed by atoms with E-state index in [0.29, 0.717) is 34.9 Å². The number of nitrogens with zero attached hydrogens (tertiary/aromatic N) is 6. The molecule has 2 aromatic heterocycles. The number of fused-ring (bicyclic) bond motifs is 2. The predicted octanol–water partition coefficient (Wildman–Crippen LogP) is 12.0. The molecular formula is C50H32N6. The summed E-state index contributed by atoms with van der Waals surface area (Å²) in [6.45, 7) is 0. The van der Waals surface area contributed by atoms with Crippen LogP contribution in [0, 0.1) is 0 Å². The van der Waals surface area contributed by atoms with Crippen molar-refractivity contribution in [1.29, 1.82) is 0 Å². The molecule has 2 heterocycles. The largest absolute Gasteiger partial charge is 0.208 e. The first-order valence-corrected chi connectivity index (χ1v) is 18.5. The fourth-order valence-corrected chi connectivity index (χ4v) is 7.15. The molecule has 10 rings (SSSR count). The Morgan fingerprint density at radius 1 is 0.196 bits per heavy atom. The van der Waals surface area contributed by atoms with Crippen LogP contribution in [0.1, 0.15) is 0 Å². The van der Waals surface area contributed by atoms with E-state index < -0.39 is 0 Å². The fourth-order valence-electron chi connectivity index (χ4n) is 7.15. The first kappa shape index (κ1) is 32.9. The van der Waals surface area contributed by atoms with Gasteiger partial charge in [-0.1, -0.05) is 194 Å². The average molecular weight is 717 g/mol. The van der Waals surface area contributed by atoms with Crippen LogP contribution in [-0.2, 0) is 0 Å². The fraction of sp³-hybridized carbons (Fsp3) is 0. The molecule has 0 fully saturated rings. The highest BCUT2D eigenvalue weighted by atomic mass is 15.0. The molecule has 0 aliphatic heterocycles. The van der Waals surface area contributed by atoms with Crippen LogP contribution in [-0.4, -0.2) is 29.9 Å². The standard InChI is InChI=1S/C50H32N6/c1-3-15-37(16-4-1)45-51-46(38-17-5-2-6-18-38)53-47(52-45)39-29-25-33(26-30-39)34-27-31-40(32-28-34)48-54-49(43-23-11-19-35-13-7-9-21-41(35)43)56-50(55-48)44-24-12-20-36-14-8-10-22-42(36)44/h1-32H. The molecule has 10 aromatic rings. The topological polar surface area (TPSA) is 77.3 Å². The highest BCUT2D eigenvalue weighted by Gasteiger charge is 2.17. The highest BCUT2D eigenvalue weighted by Crippen LogP contribution is 2.33. The molecule has 0 radical (unpaired) electrons. The van der Waals surface area contributed by atoms with E-state index in [1.807, 2.05) is 60.7 Å². The highest BCUT2D eigenvalue weighted by molar-refractivity contribution is 5.97. The number of hydrogen-bond donors (Lipinski definition) is 0. The Labute approximate surface area is 324 Å². The van der Waals surface area contributed by atoms with Crippen molar-refractivity contribution in [3.63, 3.8) is 0 Å². The van der Waals surface area contributed by atoms with E-state index in [1.165, 1.54) is 0 Å². The van der Waals surface area contributed by atoms with Crippen LogP contribution in [0.3, 0.4) is 0 Å². The Kier molecular flexibility index (Phi) is 8.39. The summed E-state index contributed by atoms with van der Waals surface area (Å²) in [5.41, 5.74) is 7.78. The van der Waals surface area contributed by atoms with Crippen LogP contribution in [0.15, 0.2) is 194 Å². The second kappa shape index (κ2) is 14.3. The second-order valence-corrected chi connectivity index (χ2v) is 13.6. The third kappa shape index (κ3) is 6.35. The summed E-state index contributed by atoms with van der Waals surface area (Å²) >= 11 is 0. The predicted molar refractivity (Wildman–Crippen MR) is 226 cm³/mol. The zero-order valence-electron chi connectivity index (χ0n) is 30.2. The maximum atomic E-state index is 5.11. The van der Waals surface area contributed by atoms with Crippen LogP contribution in [0.2, 0.25) is 0 Å². The maximum Gasteiger partial charge on any atom is 0.164 e. The molecule has 0 N–H and O–H groups in total. The summed E-state index contributed by atoms with van der Waals surface area (Å²) in [5.74, 6) is 3.79. The normalized spacial score (nSPS) is 11.2. The van der Waals surface area contributed by atoms with E-state index in [-0.39, 0.29) is 0 Å². The van der Waals surface area contributed by atoms with E-state index in [2.05, 4.69) is 133 Å². The molecule has 0 bridgehead atoms. The van der Waals surface area contributed by atoms with Crippen molar-refractivity contribution in [1.82, 2.24) is 29.9 Å². The molecule has 0 aliphatic rings. The molecule has 0 spiro atoms. The number of rotatable bonds is 7. The van der Waals surface area contributed by atoms with Gasteiger partial charge in [0.15, 0.2) is 34.9 Å². The number of aromatic nitrogens is 6. The maximum absolute atomic E-state index is 5.11. The van der Waals surface area contributed by atoms with Gasteiger partial charge in [-0.2, -0.15) is 0 Å². The third-order valence-corrected chi connectivity index (χ3v) is 10.0. The van der Waals surface area contributed by atoms with Crippen molar-refractivity contribution in [2.75, 3.05) is 0 Å². The summed E-state index contributed by atoms with van der Waals surface area (Å²) < 4.78 is 0. The van der Waals surface area contributed by atoms with Crippen molar-refractivity contribution < 1.29 is 0 Å². The van der Waals surface area contributed by atoms with Gasteiger partial charge in [0.05, 0.1) is 0 Å². The smallest absolute Gasteiger partial charge is 0.164 e. The summed E-state index contributed by atoms with van der Waals surface area (Å²) in [6.07, 6.45) is 0. The SMILES string of the molecule is c1ccc(-c2nc(-c3ccccc3)nc(-c3ccc(-c4ccc(-c5nc(-c6cccc7ccccc67)nc(-c6cccc7ccccc67)n5)cc4)cc3)n2)cc1. The van der Waals surface area contributed by atoms with E-state index >= 15 is 0 Å². The second-order valence-electron chi connectivity index (χ2n) is 13.6. The molecule has 0 aliphatic carbocycles. The third-order valence-electron chi connectivity index (χ3n) is 10.0. The van der Waals surface area contributed by atoms with Crippen molar-refractivity contribution in [2.24, 2.45) is 0 Å². The van der Waals surface area contributed by atoms with Gasteiger partial charge in [0.2, 0.25) is 0 Å². The Balaban J connectivity index is 1.02. The van der Waals surface area contributed by atoms with Gasteiger partial charge < -0.3 is 0 Å². The zero-order chi connectivity index (χ0) is 37.3. The summed E-state index contributed by atoms with van der Waals surface area (Å²) in [7, 11) is 0. The monoisotopic (exact) mass is 716 g/mol. The van der Waals surface area contributed by atoms with Crippen LogP contribution in [0.5, 0.6) is 0 Å². The molecule has 6 nitrogen and oxygen atoms in total. The first-order chi connectivity index (χ1) is 27.7. The van der Waals surface area contributed by atoms with E-state index in [1.54, 1.807) is 0 Å². The average Bonchev–Trinajstić information content (AvgIpc) is 3.29. The molecule has 0 amide bonds. The van der Waals surface area contributed by atoms with E-state index in [4.69, 9.17) is 29.9 Å². The lowest BCUT2D eigenvalue weighted by Crippen LogP contribution is -2.01. The quantitative estimate of drug-likeness (QED) is 0.163. The lowest BCUT2D eigenvalue weighted by molar-refractivity contribution is 1.07. The van der Waals surface area contributed by atoms with Gasteiger partial charge in [0.25, 0.3) is 0 Å². The van der Waals surface area contributed by atoms with Gasteiger partial charge in [-0.15, -0.1) is 0 Å². The Morgan fingerprint density at radius 3 is 0.893 bits per heavy atom. The van der Waals surface area contributed by atoms with Crippen LogP contribution < -0.4 is 0 Å². The zero-order valence-corrected chi connectivity index (χ0v) is 30.2. The van der Waals surface area contributed by atoms with Crippen molar-refractivity contribution >= 4 is 21.5 Å². The van der Waals surface area contributed by atoms with Gasteiger partial charge in [-0.25, -0.2) is 29.9 Å². The van der Waals surface area contributed by atoms with Crippen LogP contribution >= 0.6 is 0 Å². The lowest BCUT2D eigenvalue weighted by atomic mass is 10.0. The molecule has 262 valence electrons. The van der Waals surface area contributed by atoms with Gasteiger partial charge in [0.1, 0.15) is 0 Å². The number of benzene rings is 8. The first-order valence-electron chi connectivity index (χ1n) is 18.5. The van der Waals surface area contributed by atoms with Crippen LogP contribution in [0.25, 0.3) is 101 Å². The molecular weight excluding hydrogens is 685 g/mol. The van der Waals surface area contributed by atoms with Crippen molar-refractivity contribution in [3.05, 3.63) is 194 Å². The van der Waals surface area contributed by atoms with Crippen LogP contribution in [0.4, 0.5) is 0 Å². The lowest BCUT2D eigenvalue weighted by Gasteiger charge is -2.12. The minimum absolute atomic E-state index is 0.617. The van der Waals surface area contributed by atoms with Gasteiger partial charge >= 0.3 is 0 Å². The number of hydrogen-bond acceptors (Lipinski definition) is 6. The van der Waals surface area contributed by atoms with Gasteiger partial charge in [0, 0.05) is 33.4 Å². The van der Waals surface area contributed by atoms with Crippen molar-refractivity contribution in [3.8, 4) is 79.5 Å². The molecule has 8 aromatic carbocycles. The summed E-state index contributed by atoms with van der Waals surface area (Å²) in [4.78, 5) is 29.9. The van der Waals surface area contributed by atoms with Gasteiger partial charge in [-0.05, 0) is 32.7 Å². The van der Waals surface area contributed by atoms with Crippen molar-refractivity contribution in [2.45, 2.75) is 0 Å². The van der Waals surface area contributed by atoms with E-state index in [0.717, 1.165) is 66.1 Å². The minimum atomic E-state index is 0.617. The molecule has 0 unspecified atom stereocenters. The Morgan fingerprint density at radius 2 is 0.482 bits per heavy atom. The minimum Gasteiger partial charge on any atom is -0.208 e. The molecule has 6 heteroatoms. The molecule has 0 atom stereocenters. The molecule has 0 saturated heterocycles.